The third-order valence-electron chi connectivity index (χ3n) is 3.20. The molecule has 4 heteroatoms. The highest BCUT2D eigenvalue weighted by molar-refractivity contribution is 7.21. The van der Waals surface area contributed by atoms with E-state index in [1.54, 1.807) is 12.1 Å². The van der Waals surface area contributed by atoms with Gasteiger partial charge in [0.15, 0.2) is 0 Å². The number of rotatable bonds is 1. The van der Waals surface area contributed by atoms with Crippen molar-refractivity contribution >= 4 is 32.5 Å². The minimum absolute atomic E-state index is 0.0362. The Hall–Kier alpha value is -2.46. The van der Waals surface area contributed by atoms with E-state index in [1.807, 2.05) is 36.4 Å². The Labute approximate surface area is 118 Å². The van der Waals surface area contributed by atoms with E-state index in [2.05, 4.69) is 4.98 Å². The molecule has 2 heterocycles. The molecule has 20 heavy (non-hydrogen) atoms. The van der Waals surface area contributed by atoms with Gasteiger partial charge in [0.2, 0.25) is 5.43 Å². The zero-order valence-electron chi connectivity index (χ0n) is 10.4. The number of hydrogen-bond acceptors (Lipinski definition) is 4. The SMILES string of the molecule is O=c1c(-c2nc3ccccc3s2)coc2ccccc12. The van der Waals surface area contributed by atoms with Gasteiger partial charge in [-0.15, -0.1) is 11.3 Å². The van der Waals surface area contributed by atoms with E-state index in [1.165, 1.54) is 17.6 Å². The normalized spacial score (nSPS) is 11.2. The van der Waals surface area contributed by atoms with Crippen molar-refractivity contribution in [3.8, 4) is 10.6 Å². The van der Waals surface area contributed by atoms with Gasteiger partial charge < -0.3 is 4.42 Å². The molecule has 0 spiro atoms. The van der Waals surface area contributed by atoms with Gasteiger partial charge in [-0.2, -0.15) is 0 Å². The third-order valence-corrected chi connectivity index (χ3v) is 4.27. The van der Waals surface area contributed by atoms with Gasteiger partial charge in [-0.25, -0.2) is 4.98 Å². The first-order valence-corrected chi connectivity index (χ1v) is 7.01. The molecule has 0 amide bonds. The van der Waals surface area contributed by atoms with Crippen LogP contribution in [0.1, 0.15) is 0 Å². The Bertz CT molecular complexity index is 951. The van der Waals surface area contributed by atoms with Crippen molar-refractivity contribution in [2.24, 2.45) is 0 Å². The minimum Gasteiger partial charge on any atom is -0.463 e. The predicted molar refractivity (Wildman–Crippen MR) is 81.1 cm³/mol. The Kier molecular flexibility index (Phi) is 2.44. The summed E-state index contributed by atoms with van der Waals surface area (Å²) in [6, 6.07) is 15.1. The van der Waals surface area contributed by atoms with Crippen molar-refractivity contribution in [3.63, 3.8) is 0 Å². The highest BCUT2D eigenvalue weighted by atomic mass is 32.1. The summed E-state index contributed by atoms with van der Waals surface area (Å²) in [5, 5.41) is 1.29. The number of benzene rings is 2. The van der Waals surface area contributed by atoms with Gasteiger partial charge in [0.25, 0.3) is 0 Å². The Morgan fingerprint density at radius 2 is 1.80 bits per heavy atom. The lowest BCUT2D eigenvalue weighted by Gasteiger charge is -1.98. The van der Waals surface area contributed by atoms with E-state index in [0.717, 1.165) is 10.2 Å². The minimum atomic E-state index is -0.0362. The van der Waals surface area contributed by atoms with Crippen LogP contribution in [0.25, 0.3) is 31.8 Å². The molecule has 0 N–H and O–H groups in total. The second kappa shape index (κ2) is 4.28. The van der Waals surface area contributed by atoms with Gasteiger partial charge in [-0.3, -0.25) is 4.79 Å². The number of nitrogens with zero attached hydrogens (tertiary/aromatic N) is 1. The van der Waals surface area contributed by atoms with Gasteiger partial charge in [0.05, 0.1) is 21.2 Å². The van der Waals surface area contributed by atoms with Crippen molar-refractivity contribution in [1.29, 1.82) is 0 Å². The van der Waals surface area contributed by atoms with Crippen LogP contribution in [0.15, 0.2) is 64.0 Å². The summed E-state index contributed by atoms with van der Waals surface area (Å²) in [7, 11) is 0. The van der Waals surface area contributed by atoms with Crippen molar-refractivity contribution in [1.82, 2.24) is 4.98 Å². The largest absolute Gasteiger partial charge is 0.463 e. The molecular weight excluding hydrogens is 270 g/mol. The lowest BCUT2D eigenvalue weighted by Crippen LogP contribution is -2.04. The van der Waals surface area contributed by atoms with Crippen LogP contribution in [0.2, 0.25) is 0 Å². The molecular formula is C16H9NO2S. The van der Waals surface area contributed by atoms with Crippen molar-refractivity contribution in [2.75, 3.05) is 0 Å². The van der Waals surface area contributed by atoms with E-state index in [0.29, 0.717) is 21.5 Å². The van der Waals surface area contributed by atoms with Crippen molar-refractivity contribution in [2.45, 2.75) is 0 Å². The summed E-state index contributed by atoms with van der Waals surface area (Å²) in [6.07, 6.45) is 1.50. The first kappa shape index (κ1) is 11.4. The summed E-state index contributed by atoms with van der Waals surface area (Å²) >= 11 is 1.50. The van der Waals surface area contributed by atoms with Crippen LogP contribution in [-0.2, 0) is 0 Å². The molecule has 0 radical (unpaired) electrons. The zero-order chi connectivity index (χ0) is 13.5. The molecule has 0 aliphatic rings. The van der Waals surface area contributed by atoms with E-state index in [-0.39, 0.29) is 5.43 Å². The number of aromatic nitrogens is 1. The number of hydrogen-bond donors (Lipinski definition) is 0. The van der Waals surface area contributed by atoms with Gasteiger partial charge >= 0.3 is 0 Å². The second-order valence-corrected chi connectivity index (χ2v) is 5.49. The quantitative estimate of drug-likeness (QED) is 0.527. The van der Waals surface area contributed by atoms with Crippen LogP contribution in [0.4, 0.5) is 0 Å². The monoisotopic (exact) mass is 279 g/mol. The molecule has 0 saturated heterocycles. The lowest BCUT2D eigenvalue weighted by atomic mass is 10.2. The van der Waals surface area contributed by atoms with Crippen LogP contribution in [0.5, 0.6) is 0 Å². The van der Waals surface area contributed by atoms with Gasteiger partial charge in [0, 0.05) is 0 Å². The molecule has 3 nitrogen and oxygen atoms in total. The first-order chi connectivity index (χ1) is 9.83. The molecule has 0 atom stereocenters. The van der Waals surface area contributed by atoms with E-state index >= 15 is 0 Å². The van der Waals surface area contributed by atoms with E-state index < -0.39 is 0 Å². The van der Waals surface area contributed by atoms with Crippen LogP contribution in [-0.4, -0.2) is 4.98 Å². The molecule has 2 aromatic heterocycles. The average Bonchev–Trinajstić information content (AvgIpc) is 2.91. The van der Waals surface area contributed by atoms with Gasteiger partial charge in [0.1, 0.15) is 16.9 Å². The van der Waals surface area contributed by atoms with Crippen molar-refractivity contribution in [3.05, 3.63) is 65.0 Å². The molecule has 96 valence electrons. The Balaban J connectivity index is 2.02. The number of thiazole rings is 1. The molecule has 0 aliphatic heterocycles. The van der Waals surface area contributed by atoms with E-state index in [4.69, 9.17) is 4.42 Å². The summed E-state index contributed by atoms with van der Waals surface area (Å²) < 4.78 is 6.61. The number of para-hydroxylation sites is 2. The van der Waals surface area contributed by atoms with Crippen LogP contribution in [0.3, 0.4) is 0 Å². The zero-order valence-corrected chi connectivity index (χ0v) is 11.2. The molecule has 2 aromatic carbocycles. The summed E-state index contributed by atoms with van der Waals surface area (Å²) in [5.41, 5.74) is 1.98. The maximum Gasteiger partial charge on any atom is 0.202 e. The second-order valence-electron chi connectivity index (χ2n) is 4.46. The molecule has 0 aliphatic carbocycles. The maximum atomic E-state index is 12.5. The molecule has 4 aromatic rings. The molecule has 0 bridgehead atoms. The standard InChI is InChI=1S/C16H9NO2S/c18-15-10-5-1-3-7-13(10)19-9-11(15)16-17-12-6-2-4-8-14(12)20-16/h1-9H. The summed E-state index contributed by atoms with van der Waals surface area (Å²) in [5.74, 6) is 0. The van der Waals surface area contributed by atoms with Crippen LogP contribution >= 0.6 is 11.3 Å². The van der Waals surface area contributed by atoms with Crippen molar-refractivity contribution < 1.29 is 4.42 Å². The van der Waals surface area contributed by atoms with E-state index in [9.17, 15) is 4.79 Å². The molecule has 4 rings (SSSR count). The summed E-state index contributed by atoms with van der Waals surface area (Å²) in [4.78, 5) is 17.0. The predicted octanol–water partition coefficient (Wildman–Crippen LogP) is 4.07. The van der Waals surface area contributed by atoms with Crippen LogP contribution in [0, 0.1) is 0 Å². The van der Waals surface area contributed by atoms with Gasteiger partial charge in [-0.1, -0.05) is 24.3 Å². The number of fused-ring (bicyclic) bond motifs is 2. The molecule has 0 unspecified atom stereocenters. The average molecular weight is 279 g/mol. The smallest absolute Gasteiger partial charge is 0.202 e. The topological polar surface area (TPSA) is 43.1 Å². The first-order valence-electron chi connectivity index (χ1n) is 6.19. The third kappa shape index (κ3) is 1.66. The molecule has 0 fully saturated rings. The fraction of sp³-hybridized carbons (Fsp3) is 0. The van der Waals surface area contributed by atoms with Crippen LogP contribution < -0.4 is 5.43 Å². The Morgan fingerprint density at radius 1 is 1.00 bits per heavy atom. The highest BCUT2D eigenvalue weighted by Crippen LogP contribution is 2.29. The van der Waals surface area contributed by atoms with Gasteiger partial charge in [-0.05, 0) is 24.3 Å². The highest BCUT2D eigenvalue weighted by Gasteiger charge is 2.12. The summed E-state index contributed by atoms with van der Waals surface area (Å²) in [6.45, 7) is 0. The lowest BCUT2D eigenvalue weighted by molar-refractivity contribution is 0.604. The maximum absolute atomic E-state index is 12.5. The molecule has 0 saturated carbocycles. The fourth-order valence-electron chi connectivity index (χ4n) is 2.21. The Morgan fingerprint density at radius 3 is 2.70 bits per heavy atom. The fourth-order valence-corrected chi connectivity index (χ4v) is 3.18.